The molecule has 0 unspecified atom stereocenters. The Morgan fingerprint density at radius 2 is 2.62 bits per heavy atom. The Hall–Kier alpha value is -1.22. The predicted octanol–water partition coefficient (Wildman–Crippen LogP) is 0.920. The molecule has 0 fully saturated rings. The van der Waals surface area contributed by atoms with Crippen molar-refractivity contribution in [2.75, 3.05) is 13.7 Å². The Morgan fingerprint density at radius 1 is 2.00 bits per heavy atom. The van der Waals surface area contributed by atoms with Crippen molar-refractivity contribution < 1.29 is 4.74 Å². The van der Waals surface area contributed by atoms with Crippen molar-refractivity contribution in [3.8, 4) is 0 Å². The third-order valence-electron chi connectivity index (χ3n) is 0.524. The molecule has 0 aromatic rings. The van der Waals surface area contributed by atoms with Crippen LogP contribution < -0.4 is 0 Å². The Morgan fingerprint density at radius 3 is 3.00 bits per heavy atom. The average molecular weight is 114 g/mol. The number of rotatable bonds is 2. The van der Waals surface area contributed by atoms with E-state index in [1.807, 2.05) is 0 Å². The van der Waals surface area contributed by atoms with E-state index in [1.54, 1.807) is 0 Å². The molecule has 0 aromatic carbocycles. The quantitative estimate of drug-likeness (QED) is 0.187. The lowest BCUT2D eigenvalue weighted by Gasteiger charge is -1.92. The average Bonchev–Trinajstić information content (AvgIpc) is 1.83. The predicted molar refractivity (Wildman–Crippen MR) is 28.7 cm³/mol. The van der Waals surface area contributed by atoms with Gasteiger partial charge in [-0.1, -0.05) is 5.11 Å². The molecule has 0 bridgehead atoms. The van der Waals surface area contributed by atoms with Crippen LogP contribution >= 0.6 is 0 Å². The maximum absolute atomic E-state index is 7.72. The minimum Gasteiger partial charge on any atom is -0.484 e. The van der Waals surface area contributed by atoms with Crippen molar-refractivity contribution in [3.63, 3.8) is 0 Å². The molecule has 0 saturated heterocycles. The third-order valence-corrected chi connectivity index (χ3v) is 0.524. The number of nitrogens with zero attached hydrogens (tertiary/aromatic N) is 3. The molecule has 0 aromatic heterocycles. The molecule has 8 heavy (non-hydrogen) atoms. The van der Waals surface area contributed by atoms with E-state index >= 15 is 0 Å². The van der Waals surface area contributed by atoms with E-state index in [1.165, 1.54) is 7.11 Å². The number of hydrogen-bond donors (Lipinski definition) is 1. The lowest BCUT2D eigenvalue weighted by molar-refractivity contribution is 0.392. The first-order chi connectivity index (χ1) is 3.81. The fourth-order valence-electron chi connectivity index (χ4n) is 0.160. The summed E-state index contributed by atoms with van der Waals surface area (Å²) in [5.41, 5.74) is 7.72. The maximum atomic E-state index is 7.72. The van der Waals surface area contributed by atoms with Gasteiger partial charge in [0.1, 0.15) is 6.54 Å². The summed E-state index contributed by atoms with van der Waals surface area (Å²) in [5.74, 6) is -0.0252. The summed E-state index contributed by atoms with van der Waals surface area (Å²) in [7, 11) is 1.36. The van der Waals surface area contributed by atoms with Gasteiger partial charge in [-0.3, -0.25) is 5.41 Å². The summed E-state index contributed by atoms with van der Waals surface area (Å²) in [6.07, 6.45) is 0. The van der Waals surface area contributed by atoms with Gasteiger partial charge in [-0.25, -0.2) is 0 Å². The molecule has 0 rings (SSSR count). The molecule has 0 radical (unpaired) electrons. The van der Waals surface area contributed by atoms with Gasteiger partial charge in [-0.15, -0.1) is 0 Å². The van der Waals surface area contributed by atoms with Crippen LogP contribution in [0.15, 0.2) is 5.11 Å². The lowest BCUT2D eigenvalue weighted by Crippen LogP contribution is -2.01. The molecule has 0 saturated carbocycles. The second kappa shape index (κ2) is 3.95. The van der Waals surface area contributed by atoms with Gasteiger partial charge in [0.25, 0.3) is 0 Å². The van der Waals surface area contributed by atoms with Crippen LogP contribution in [-0.2, 0) is 4.74 Å². The van der Waals surface area contributed by atoms with Crippen LogP contribution in [0, 0.1) is 5.41 Å². The highest BCUT2D eigenvalue weighted by atomic mass is 16.5. The topological polar surface area (TPSA) is 81.8 Å². The molecular weight excluding hydrogens is 108 g/mol. The number of hydrogen-bond acceptors (Lipinski definition) is 3. The van der Waals surface area contributed by atoms with E-state index in [9.17, 15) is 0 Å². The summed E-state index contributed by atoms with van der Waals surface area (Å²) in [6, 6.07) is 0. The van der Waals surface area contributed by atoms with E-state index in [2.05, 4.69) is 14.8 Å². The van der Waals surface area contributed by atoms with Gasteiger partial charge >= 0.3 is 0 Å². The van der Waals surface area contributed by atoms with Gasteiger partial charge < -0.3 is 4.74 Å². The monoisotopic (exact) mass is 114 g/mol. The van der Waals surface area contributed by atoms with Gasteiger partial charge in [0.15, 0.2) is 5.90 Å². The molecule has 0 atom stereocenters. The molecule has 0 heterocycles. The Labute approximate surface area is 46.4 Å². The SMILES string of the molecule is COC(=N)CN=[N+]=[N-]. The summed E-state index contributed by atoms with van der Waals surface area (Å²) in [5, 5.41) is 9.83. The molecular formula is C3H6N4O. The first-order valence-electron chi connectivity index (χ1n) is 1.93. The van der Waals surface area contributed by atoms with Crippen LogP contribution in [-0.4, -0.2) is 19.6 Å². The summed E-state index contributed by atoms with van der Waals surface area (Å²) in [4.78, 5) is 2.43. The Balaban J connectivity index is 3.39. The van der Waals surface area contributed by atoms with E-state index in [0.717, 1.165) is 0 Å². The summed E-state index contributed by atoms with van der Waals surface area (Å²) < 4.78 is 4.37. The van der Waals surface area contributed by atoms with Gasteiger partial charge in [-0.05, 0) is 5.53 Å². The molecule has 0 aliphatic rings. The van der Waals surface area contributed by atoms with Crippen LogP contribution in [0.1, 0.15) is 0 Å². The van der Waals surface area contributed by atoms with E-state index in [4.69, 9.17) is 10.9 Å². The van der Waals surface area contributed by atoms with Crippen molar-refractivity contribution in [3.05, 3.63) is 10.4 Å². The minimum atomic E-state index is -0.0252. The fraction of sp³-hybridized carbons (Fsp3) is 0.667. The summed E-state index contributed by atoms with van der Waals surface area (Å²) >= 11 is 0. The largest absolute Gasteiger partial charge is 0.484 e. The zero-order chi connectivity index (χ0) is 6.41. The minimum absolute atomic E-state index is 0.00694. The Kier molecular flexibility index (Phi) is 3.35. The number of methoxy groups -OCH3 is 1. The van der Waals surface area contributed by atoms with Gasteiger partial charge in [0.2, 0.25) is 0 Å². The molecule has 0 aliphatic carbocycles. The smallest absolute Gasteiger partial charge is 0.185 e. The second-order valence-corrected chi connectivity index (χ2v) is 1.02. The van der Waals surface area contributed by atoms with Crippen LogP contribution in [0.3, 0.4) is 0 Å². The van der Waals surface area contributed by atoms with Crippen molar-refractivity contribution in [2.45, 2.75) is 0 Å². The molecule has 0 amide bonds. The van der Waals surface area contributed by atoms with Gasteiger partial charge in [0, 0.05) is 4.91 Å². The molecule has 1 N–H and O–H groups in total. The van der Waals surface area contributed by atoms with Crippen molar-refractivity contribution >= 4 is 5.90 Å². The van der Waals surface area contributed by atoms with Crippen LogP contribution in [0.2, 0.25) is 0 Å². The van der Waals surface area contributed by atoms with E-state index < -0.39 is 0 Å². The fourth-order valence-corrected chi connectivity index (χ4v) is 0.160. The zero-order valence-electron chi connectivity index (χ0n) is 4.46. The first kappa shape index (κ1) is 6.78. The van der Waals surface area contributed by atoms with E-state index in [0.29, 0.717) is 0 Å². The zero-order valence-corrected chi connectivity index (χ0v) is 4.46. The third kappa shape index (κ3) is 2.99. The Bertz CT molecular complexity index is 125. The molecule has 5 heteroatoms. The number of azide groups is 1. The molecule has 0 aliphatic heterocycles. The van der Waals surface area contributed by atoms with Crippen molar-refractivity contribution in [2.24, 2.45) is 5.11 Å². The van der Waals surface area contributed by atoms with Crippen LogP contribution in [0.5, 0.6) is 0 Å². The summed E-state index contributed by atoms with van der Waals surface area (Å²) in [6.45, 7) is -0.00694. The molecule has 5 nitrogen and oxygen atoms in total. The van der Waals surface area contributed by atoms with Gasteiger partial charge in [-0.2, -0.15) is 0 Å². The van der Waals surface area contributed by atoms with Crippen molar-refractivity contribution in [1.82, 2.24) is 0 Å². The van der Waals surface area contributed by atoms with E-state index in [-0.39, 0.29) is 12.4 Å². The lowest BCUT2D eigenvalue weighted by atomic mass is 10.7. The van der Waals surface area contributed by atoms with Gasteiger partial charge in [0.05, 0.1) is 7.11 Å². The number of nitrogens with one attached hydrogen (secondary N) is 1. The van der Waals surface area contributed by atoms with Crippen LogP contribution in [0.4, 0.5) is 0 Å². The highest BCUT2D eigenvalue weighted by Gasteiger charge is 1.86. The number of ether oxygens (including phenoxy) is 1. The highest BCUT2D eigenvalue weighted by molar-refractivity contribution is 5.74. The highest BCUT2D eigenvalue weighted by Crippen LogP contribution is 1.75. The normalized spacial score (nSPS) is 7.12. The molecule has 44 valence electrons. The first-order valence-corrected chi connectivity index (χ1v) is 1.93. The molecule has 0 spiro atoms. The van der Waals surface area contributed by atoms with Crippen molar-refractivity contribution in [1.29, 1.82) is 5.41 Å². The second-order valence-electron chi connectivity index (χ2n) is 1.02. The standard InChI is InChI=1S/C3H6N4O/c1-8-3(4)2-6-7-5/h4H,2H2,1H3. The maximum Gasteiger partial charge on any atom is 0.185 e. The van der Waals surface area contributed by atoms with Crippen LogP contribution in [0.25, 0.3) is 10.4 Å².